The van der Waals surface area contributed by atoms with Crippen LogP contribution in [0.1, 0.15) is 51.4 Å². The van der Waals surface area contributed by atoms with E-state index < -0.39 is 5.31 Å². The fraction of sp³-hybridized carbons (Fsp3) is 0.357. The first-order chi connectivity index (χ1) is 15.2. The second-order valence-corrected chi connectivity index (χ2v) is 17.5. The molecule has 3 heteroatoms. The topological polar surface area (TPSA) is 20.2 Å². The Hall–Kier alpha value is -1.47. The molecule has 3 aromatic rings. The van der Waals surface area contributed by atoms with Gasteiger partial charge in [-0.25, -0.2) is 0 Å². The normalized spacial score (nSPS) is 12.9. The molecule has 3 rings (SSSR count). The number of aliphatic hydroxyl groups excluding tert-OH is 1. The molecule has 0 aliphatic heterocycles. The molecular formula is C28H36BrOP. The van der Waals surface area contributed by atoms with Crippen molar-refractivity contribution < 1.29 is 5.11 Å². The van der Waals surface area contributed by atoms with Gasteiger partial charge < -0.3 is 0 Å². The first-order valence-corrected chi connectivity index (χ1v) is 16.1. The summed E-state index contributed by atoms with van der Waals surface area (Å²) in [5.74, 6) is 0. The van der Waals surface area contributed by atoms with E-state index >= 15 is 0 Å². The molecule has 0 aliphatic carbocycles. The van der Waals surface area contributed by atoms with Crippen molar-refractivity contribution in [2.75, 3.05) is 12.8 Å². The van der Waals surface area contributed by atoms with Crippen LogP contribution in [0.3, 0.4) is 0 Å². The van der Waals surface area contributed by atoms with E-state index in [2.05, 4.69) is 106 Å². The van der Waals surface area contributed by atoms with Crippen molar-refractivity contribution in [3.8, 4) is 0 Å². The van der Waals surface area contributed by atoms with Gasteiger partial charge in [-0.15, -0.1) is 0 Å². The monoisotopic (exact) mass is 498 g/mol. The number of benzene rings is 3. The van der Waals surface area contributed by atoms with Crippen LogP contribution in [0.25, 0.3) is 0 Å². The van der Waals surface area contributed by atoms with Crippen LogP contribution in [-0.4, -0.2) is 17.9 Å². The maximum absolute atomic E-state index is 8.92. The van der Waals surface area contributed by atoms with Crippen molar-refractivity contribution in [1.29, 1.82) is 0 Å². The Balaban J connectivity index is 1.85. The Kier molecular flexibility index (Phi) is 9.32. The first kappa shape index (κ1) is 24.2. The van der Waals surface area contributed by atoms with Gasteiger partial charge in [-0.2, -0.15) is 0 Å². The van der Waals surface area contributed by atoms with Crippen LogP contribution < -0.4 is 15.9 Å². The van der Waals surface area contributed by atoms with E-state index in [0.29, 0.717) is 6.61 Å². The molecular weight excluding hydrogens is 463 g/mol. The molecule has 0 unspecified atom stereocenters. The minimum absolute atomic E-state index is 0.330. The molecule has 0 spiro atoms. The molecule has 0 atom stereocenters. The van der Waals surface area contributed by atoms with E-state index in [1.807, 2.05) is 0 Å². The van der Waals surface area contributed by atoms with Crippen LogP contribution in [0.15, 0.2) is 91.0 Å². The van der Waals surface area contributed by atoms with Crippen molar-refractivity contribution in [2.24, 2.45) is 0 Å². The van der Waals surface area contributed by atoms with E-state index in [1.54, 1.807) is 0 Å². The predicted molar refractivity (Wildman–Crippen MR) is 143 cm³/mol. The summed E-state index contributed by atoms with van der Waals surface area (Å²) in [5.41, 5.74) is 0. The molecule has 0 saturated carbocycles. The summed E-state index contributed by atoms with van der Waals surface area (Å²) in [4.78, 5) is 0. The van der Waals surface area contributed by atoms with Gasteiger partial charge in [0, 0.05) is 0 Å². The first-order valence-electron chi connectivity index (χ1n) is 11.7. The fourth-order valence-corrected chi connectivity index (χ4v) is 12.4. The van der Waals surface area contributed by atoms with E-state index in [-0.39, 0.29) is 0 Å². The van der Waals surface area contributed by atoms with Gasteiger partial charge in [-0.1, -0.05) is 0 Å². The van der Waals surface area contributed by atoms with Gasteiger partial charge in [0.15, 0.2) is 0 Å². The Labute approximate surface area is 196 Å². The van der Waals surface area contributed by atoms with Gasteiger partial charge in [0.25, 0.3) is 0 Å². The van der Waals surface area contributed by atoms with Crippen LogP contribution in [0, 0.1) is 0 Å². The van der Waals surface area contributed by atoms with E-state index in [9.17, 15) is 0 Å². The maximum atomic E-state index is 8.92. The summed E-state index contributed by atoms with van der Waals surface area (Å²) in [7, 11) is 0. The number of halogens is 1. The molecule has 1 N–H and O–H groups in total. The van der Waals surface area contributed by atoms with Crippen LogP contribution in [-0.2, 0) is 0 Å². The second-order valence-electron chi connectivity index (χ2n) is 8.47. The molecule has 0 aliphatic rings. The molecule has 0 bridgehead atoms. The van der Waals surface area contributed by atoms with Crippen LogP contribution >= 0.6 is 20.8 Å². The summed E-state index contributed by atoms with van der Waals surface area (Å²) >= 11 is 4.54. The Bertz CT molecular complexity index is 783. The fourth-order valence-electron chi connectivity index (χ4n) is 4.63. The van der Waals surface area contributed by atoms with Crippen molar-refractivity contribution in [3.05, 3.63) is 91.0 Å². The standard InChI is InChI=1S/C28H36BrOP/c29-31(26-18-10-7-11-19-26,27-20-12-8-13-21-27,28-22-14-9-15-23-28)25-17-6-4-2-1-3-5-16-24-30/h7-15,18-23,30H,1-6,16-17,24-25H2. The Morgan fingerprint density at radius 1 is 0.484 bits per heavy atom. The van der Waals surface area contributed by atoms with Crippen LogP contribution in [0.4, 0.5) is 0 Å². The zero-order valence-corrected chi connectivity index (χ0v) is 21.0. The van der Waals surface area contributed by atoms with Crippen molar-refractivity contribution in [1.82, 2.24) is 0 Å². The molecule has 0 aromatic heterocycles. The molecule has 0 saturated heterocycles. The summed E-state index contributed by atoms with van der Waals surface area (Å²) < 4.78 is 0. The van der Waals surface area contributed by atoms with Crippen LogP contribution in [0.5, 0.6) is 0 Å². The number of unbranched alkanes of at least 4 members (excludes halogenated alkanes) is 7. The van der Waals surface area contributed by atoms with Crippen LogP contribution in [0.2, 0.25) is 0 Å². The molecule has 0 heterocycles. The Morgan fingerprint density at radius 3 is 1.16 bits per heavy atom. The molecule has 3 aromatic carbocycles. The second kappa shape index (κ2) is 12.0. The van der Waals surface area contributed by atoms with Gasteiger partial charge in [0.05, 0.1) is 0 Å². The quantitative estimate of drug-likeness (QED) is 0.200. The summed E-state index contributed by atoms with van der Waals surface area (Å²) in [6, 6.07) is 33.3. The summed E-state index contributed by atoms with van der Waals surface area (Å²) in [6.45, 7) is 0.330. The third-order valence-electron chi connectivity index (χ3n) is 6.37. The van der Waals surface area contributed by atoms with Gasteiger partial charge in [0.1, 0.15) is 0 Å². The number of rotatable bonds is 13. The van der Waals surface area contributed by atoms with Gasteiger partial charge in [0.2, 0.25) is 0 Å². The molecule has 31 heavy (non-hydrogen) atoms. The molecule has 0 radical (unpaired) electrons. The molecule has 166 valence electrons. The Morgan fingerprint density at radius 2 is 0.806 bits per heavy atom. The minimum atomic E-state index is -2.74. The van der Waals surface area contributed by atoms with Crippen molar-refractivity contribution in [2.45, 2.75) is 51.4 Å². The number of hydrogen-bond acceptors (Lipinski definition) is 1. The van der Waals surface area contributed by atoms with E-state index in [4.69, 9.17) is 5.11 Å². The summed E-state index contributed by atoms with van der Waals surface area (Å²) in [5, 5.41) is 10.4. The summed E-state index contributed by atoms with van der Waals surface area (Å²) in [6.07, 6.45) is 10.8. The van der Waals surface area contributed by atoms with Gasteiger partial charge >= 0.3 is 197 Å². The molecule has 1 nitrogen and oxygen atoms in total. The number of hydrogen-bond donors (Lipinski definition) is 1. The predicted octanol–water partition coefficient (Wildman–Crippen LogP) is 6.94. The zero-order chi connectivity index (χ0) is 21.9. The van der Waals surface area contributed by atoms with Crippen molar-refractivity contribution >= 4 is 36.7 Å². The average Bonchev–Trinajstić information content (AvgIpc) is 2.84. The third-order valence-corrected chi connectivity index (χ3v) is 16.4. The number of aliphatic hydroxyl groups is 1. The van der Waals surface area contributed by atoms with Gasteiger partial charge in [-0.05, 0) is 0 Å². The molecule has 0 amide bonds. The van der Waals surface area contributed by atoms with Gasteiger partial charge in [-0.3, -0.25) is 0 Å². The van der Waals surface area contributed by atoms with Crippen molar-refractivity contribution in [3.63, 3.8) is 0 Å². The zero-order valence-electron chi connectivity index (χ0n) is 18.5. The average molecular weight is 499 g/mol. The van der Waals surface area contributed by atoms with E-state index in [0.717, 1.165) is 19.0 Å². The molecule has 0 fully saturated rings. The van der Waals surface area contributed by atoms with E-state index in [1.165, 1.54) is 54.4 Å². The SMILES string of the molecule is OCCCCCCCCCCP(Br)(c1ccccc1)(c1ccccc1)c1ccccc1. The third kappa shape index (κ3) is 5.67.